The standard InChI is InChI=1S/C15H15NO2/c17-14(18)15(6-7-15)12-4-1-3-11(9-12)10-13-5-2-8-16-13/h1-5,8-9,16H,6-7,10H2,(H,17,18). The number of nitrogens with one attached hydrogen (secondary N) is 1. The Labute approximate surface area is 105 Å². The van der Waals surface area contributed by atoms with Gasteiger partial charge in [0.1, 0.15) is 0 Å². The molecule has 18 heavy (non-hydrogen) atoms. The van der Waals surface area contributed by atoms with Gasteiger partial charge in [0.25, 0.3) is 0 Å². The van der Waals surface area contributed by atoms with Crippen molar-refractivity contribution in [3.63, 3.8) is 0 Å². The number of carboxylic acid groups (broad SMARTS) is 1. The average molecular weight is 241 g/mol. The Kier molecular flexibility index (Phi) is 2.47. The molecule has 1 aromatic heterocycles. The number of H-pyrrole nitrogens is 1. The molecular weight excluding hydrogens is 226 g/mol. The van der Waals surface area contributed by atoms with E-state index in [9.17, 15) is 9.90 Å². The smallest absolute Gasteiger partial charge is 0.314 e. The van der Waals surface area contributed by atoms with Crippen LogP contribution in [0.25, 0.3) is 0 Å². The van der Waals surface area contributed by atoms with E-state index in [1.807, 2.05) is 42.6 Å². The SMILES string of the molecule is O=C(O)C1(c2cccc(Cc3ccc[nH]3)c2)CC1. The summed E-state index contributed by atoms with van der Waals surface area (Å²) < 4.78 is 0. The first kappa shape index (κ1) is 11.1. The molecule has 3 rings (SSSR count). The van der Waals surface area contributed by atoms with Gasteiger partial charge in [0.2, 0.25) is 0 Å². The number of hydrogen-bond donors (Lipinski definition) is 2. The highest BCUT2D eigenvalue weighted by Crippen LogP contribution is 2.48. The van der Waals surface area contributed by atoms with E-state index < -0.39 is 11.4 Å². The van der Waals surface area contributed by atoms with Crippen LogP contribution in [-0.4, -0.2) is 16.1 Å². The molecule has 0 unspecified atom stereocenters. The molecule has 0 amide bonds. The summed E-state index contributed by atoms with van der Waals surface area (Å²) in [6.45, 7) is 0. The maximum atomic E-state index is 11.3. The number of carboxylic acids is 1. The molecular formula is C15H15NO2. The van der Waals surface area contributed by atoms with Crippen LogP contribution in [0, 0.1) is 0 Å². The quantitative estimate of drug-likeness (QED) is 0.864. The number of hydrogen-bond acceptors (Lipinski definition) is 1. The Morgan fingerprint density at radius 2 is 2.11 bits per heavy atom. The minimum absolute atomic E-state index is 0.605. The predicted molar refractivity (Wildman–Crippen MR) is 68.6 cm³/mol. The topological polar surface area (TPSA) is 53.1 Å². The van der Waals surface area contributed by atoms with Crippen LogP contribution in [0.3, 0.4) is 0 Å². The van der Waals surface area contributed by atoms with Gasteiger partial charge in [-0.25, -0.2) is 0 Å². The minimum Gasteiger partial charge on any atom is -0.481 e. The van der Waals surface area contributed by atoms with Gasteiger partial charge in [-0.05, 0) is 36.1 Å². The lowest BCUT2D eigenvalue weighted by molar-refractivity contribution is -0.140. The zero-order chi connectivity index (χ0) is 12.6. The van der Waals surface area contributed by atoms with Crippen molar-refractivity contribution in [1.29, 1.82) is 0 Å². The molecule has 0 radical (unpaired) electrons. The summed E-state index contributed by atoms with van der Waals surface area (Å²) in [7, 11) is 0. The van der Waals surface area contributed by atoms with E-state index in [-0.39, 0.29) is 0 Å². The fraction of sp³-hybridized carbons (Fsp3) is 0.267. The zero-order valence-electron chi connectivity index (χ0n) is 10.0. The van der Waals surface area contributed by atoms with Crippen molar-refractivity contribution in [2.45, 2.75) is 24.7 Å². The van der Waals surface area contributed by atoms with E-state index >= 15 is 0 Å². The zero-order valence-corrected chi connectivity index (χ0v) is 10.0. The number of aromatic nitrogens is 1. The van der Waals surface area contributed by atoms with Crippen molar-refractivity contribution in [3.8, 4) is 0 Å². The molecule has 3 heteroatoms. The van der Waals surface area contributed by atoms with Gasteiger partial charge in [-0.1, -0.05) is 24.3 Å². The summed E-state index contributed by atoms with van der Waals surface area (Å²) in [4.78, 5) is 14.5. The van der Waals surface area contributed by atoms with Crippen LogP contribution in [-0.2, 0) is 16.6 Å². The maximum Gasteiger partial charge on any atom is 0.314 e. The lowest BCUT2D eigenvalue weighted by Crippen LogP contribution is -2.19. The summed E-state index contributed by atoms with van der Waals surface area (Å²) in [5.74, 6) is -0.695. The summed E-state index contributed by atoms with van der Waals surface area (Å²) in [5.41, 5.74) is 2.64. The third-order valence-electron chi connectivity index (χ3n) is 3.70. The number of benzene rings is 1. The summed E-state index contributed by atoms with van der Waals surface area (Å²) in [5, 5.41) is 9.30. The fourth-order valence-electron chi connectivity index (χ4n) is 2.43. The van der Waals surface area contributed by atoms with Crippen LogP contribution in [0.4, 0.5) is 0 Å². The summed E-state index contributed by atoms with van der Waals surface area (Å²) >= 11 is 0. The van der Waals surface area contributed by atoms with Crippen molar-refractivity contribution in [2.75, 3.05) is 0 Å². The predicted octanol–water partition coefficient (Wildman–Crippen LogP) is 2.72. The molecule has 0 spiro atoms. The van der Waals surface area contributed by atoms with Gasteiger partial charge in [0.15, 0.2) is 0 Å². The molecule has 0 bridgehead atoms. The Hall–Kier alpha value is -2.03. The second-order valence-corrected chi connectivity index (χ2v) is 4.96. The van der Waals surface area contributed by atoms with Crippen LogP contribution in [0.2, 0.25) is 0 Å². The first-order valence-corrected chi connectivity index (χ1v) is 6.16. The molecule has 1 saturated carbocycles. The van der Waals surface area contributed by atoms with E-state index in [1.165, 1.54) is 0 Å². The van der Waals surface area contributed by atoms with Crippen molar-refractivity contribution in [1.82, 2.24) is 4.98 Å². The highest BCUT2D eigenvalue weighted by atomic mass is 16.4. The second kappa shape index (κ2) is 4.02. The fourth-order valence-corrected chi connectivity index (χ4v) is 2.43. The van der Waals surface area contributed by atoms with Gasteiger partial charge in [-0.15, -0.1) is 0 Å². The van der Waals surface area contributed by atoms with Gasteiger partial charge < -0.3 is 10.1 Å². The van der Waals surface area contributed by atoms with Crippen molar-refractivity contribution >= 4 is 5.97 Å². The van der Waals surface area contributed by atoms with Crippen molar-refractivity contribution in [3.05, 3.63) is 59.4 Å². The Morgan fingerprint density at radius 1 is 1.28 bits per heavy atom. The van der Waals surface area contributed by atoms with Crippen molar-refractivity contribution in [2.24, 2.45) is 0 Å². The minimum atomic E-state index is -0.695. The molecule has 1 heterocycles. The monoisotopic (exact) mass is 241 g/mol. The van der Waals surface area contributed by atoms with Crippen LogP contribution >= 0.6 is 0 Å². The number of aromatic amines is 1. The molecule has 3 nitrogen and oxygen atoms in total. The third-order valence-corrected chi connectivity index (χ3v) is 3.70. The average Bonchev–Trinajstić information content (AvgIpc) is 3.04. The first-order valence-electron chi connectivity index (χ1n) is 6.16. The lowest BCUT2D eigenvalue weighted by Gasteiger charge is -2.11. The first-order chi connectivity index (χ1) is 8.71. The van der Waals surface area contributed by atoms with E-state index in [4.69, 9.17) is 0 Å². The van der Waals surface area contributed by atoms with E-state index in [1.54, 1.807) is 0 Å². The van der Waals surface area contributed by atoms with Gasteiger partial charge >= 0.3 is 5.97 Å². The van der Waals surface area contributed by atoms with Gasteiger partial charge in [-0.3, -0.25) is 4.79 Å². The summed E-state index contributed by atoms with van der Waals surface area (Å²) in [6, 6.07) is 12.0. The largest absolute Gasteiger partial charge is 0.481 e. The van der Waals surface area contributed by atoms with Gasteiger partial charge in [0.05, 0.1) is 5.41 Å². The second-order valence-electron chi connectivity index (χ2n) is 4.96. The van der Waals surface area contributed by atoms with Crippen molar-refractivity contribution < 1.29 is 9.90 Å². The molecule has 92 valence electrons. The van der Waals surface area contributed by atoms with Crippen LogP contribution in [0.1, 0.15) is 29.7 Å². The van der Waals surface area contributed by atoms with Gasteiger partial charge in [0, 0.05) is 18.3 Å². The molecule has 2 aromatic rings. The Bertz CT molecular complexity index is 568. The molecule has 1 aliphatic carbocycles. The number of carbonyl (C=O) groups is 1. The van der Waals surface area contributed by atoms with Gasteiger partial charge in [-0.2, -0.15) is 0 Å². The highest BCUT2D eigenvalue weighted by molar-refractivity contribution is 5.84. The molecule has 2 N–H and O–H groups in total. The molecule has 0 atom stereocenters. The third kappa shape index (κ3) is 1.82. The molecule has 0 aliphatic heterocycles. The van der Waals surface area contributed by atoms with E-state index in [0.29, 0.717) is 0 Å². The van der Waals surface area contributed by atoms with Crippen LogP contribution in [0.15, 0.2) is 42.6 Å². The Morgan fingerprint density at radius 3 is 2.72 bits per heavy atom. The molecule has 0 saturated heterocycles. The normalized spacial score (nSPS) is 16.4. The maximum absolute atomic E-state index is 11.3. The number of aliphatic carboxylic acids is 1. The van der Waals surface area contributed by atoms with Crippen LogP contribution in [0.5, 0.6) is 0 Å². The number of rotatable bonds is 4. The lowest BCUT2D eigenvalue weighted by atomic mass is 9.93. The van der Waals surface area contributed by atoms with E-state index in [2.05, 4.69) is 4.98 Å². The van der Waals surface area contributed by atoms with E-state index in [0.717, 1.165) is 36.1 Å². The Balaban J connectivity index is 1.88. The molecule has 1 aliphatic rings. The summed E-state index contributed by atoms with van der Waals surface area (Å²) in [6.07, 6.45) is 4.23. The highest BCUT2D eigenvalue weighted by Gasteiger charge is 2.51. The molecule has 1 fully saturated rings. The van der Waals surface area contributed by atoms with Crippen LogP contribution < -0.4 is 0 Å². The molecule has 1 aromatic carbocycles.